The van der Waals surface area contributed by atoms with Crippen molar-refractivity contribution in [2.45, 2.75) is 26.3 Å². The van der Waals surface area contributed by atoms with Crippen LogP contribution >= 0.6 is 11.8 Å². The van der Waals surface area contributed by atoms with Crippen molar-refractivity contribution in [2.75, 3.05) is 0 Å². The van der Waals surface area contributed by atoms with Crippen molar-refractivity contribution in [3.63, 3.8) is 0 Å². The summed E-state index contributed by atoms with van der Waals surface area (Å²) in [6.45, 7) is 3.90. The van der Waals surface area contributed by atoms with Crippen molar-refractivity contribution in [1.82, 2.24) is 4.84 Å². The maximum absolute atomic E-state index is 10.3. The average molecular weight is 211 g/mol. The second kappa shape index (κ2) is 9.79. The Labute approximate surface area is 83.1 Å². The first-order valence-corrected chi connectivity index (χ1v) is 4.18. The summed E-state index contributed by atoms with van der Waals surface area (Å²) in [5.74, 6) is -0.559. The SMILES string of the molecule is CC(C)C[C@H](NCl)C(=O)O.OBO. The lowest BCUT2D eigenvalue weighted by molar-refractivity contribution is -0.139. The van der Waals surface area contributed by atoms with Crippen LogP contribution in [0.1, 0.15) is 20.3 Å². The molecule has 78 valence electrons. The minimum absolute atomic E-state index is 0.340. The molecule has 13 heavy (non-hydrogen) atoms. The number of carbonyl (C=O) groups is 1. The molecule has 0 aromatic rings. The van der Waals surface area contributed by atoms with E-state index in [1.807, 2.05) is 13.8 Å². The van der Waals surface area contributed by atoms with Gasteiger partial charge in [-0.05, 0) is 24.1 Å². The Kier molecular flexibility index (Phi) is 11.4. The highest BCUT2D eigenvalue weighted by Crippen LogP contribution is 2.04. The first kappa shape index (κ1) is 15.2. The molecule has 0 aromatic carbocycles. The molecule has 0 aromatic heterocycles. The lowest BCUT2D eigenvalue weighted by atomic mass is 10.1. The van der Waals surface area contributed by atoms with Gasteiger partial charge in [-0.15, -0.1) is 0 Å². The number of aliphatic carboxylic acids is 1. The van der Waals surface area contributed by atoms with E-state index >= 15 is 0 Å². The third-order valence-electron chi connectivity index (χ3n) is 1.14. The zero-order valence-corrected chi connectivity index (χ0v) is 8.45. The van der Waals surface area contributed by atoms with E-state index in [1.165, 1.54) is 0 Å². The van der Waals surface area contributed by atoms with Crippen molar-refractivity contribution in [3.8, 4) is 0 Å². The van der Waals surface area contributed by atoms with Gasteiger partial charge in [0.1, 0.15) is 6.04 Å². The van der Waals surface area contributed by atoms with E-state index in [2.05, 4.69) is 4.84 Å². The Morgan fingerprint density at radius 1 is 1.54 bits per heavy atom. The van der Waals surface area contributed by atoms with Crippen LogP contribution in [0.15, 0.2) is 0 Å². The van der Waals surface area contributed by atoms with Crippen LogP contribution in [0.25, 0.3) is 0 Å². The van der Waals surface area contributed by atoms with E-state index < -0.39 is 19.7 Å². The summed E-state index contributed by atoms with van der Waals surface area (Å²) in [5.41, 5.74) is 0. The van der Waals surface area contributed by atoms with Crippen molar-refractivity contribution in [3.05, 3.63) is 0 Å². The summed E-state index contributed by atoms with van der Waals surface area (Å²) in [7, 11) is -0.750. The van der Waals surface area contributed by atoms with Gasteiger partial charge in [0.2, 0.25) is 0 Å². The van der Waals surface area contributed by atoms with Gasteiger partial charge in [0.25, 0.3) is 0 Å². The number of carboxylic acids is 1. The summed E-state index contributed by atoms with van der Waals surface area (Å²) in [4.78, 5) is 12.5. The fraction of sp³-hybridized carbons (Fsp3) is 0.833. The Balaban J connectivity index is 0. The molecule has 0 bridgehead atoms. The number of rotatable bonds is 4. The quantitative estimate of drug-likeness (QED) is 0.371. The third-order valence-corrected chi connectivity index (χ3v) is 1.40. The highest BCUT2D eigenvalue weighted by atomic mass is 35.5. The summed E-state index contributed by atoms with van der Waals surface area (Å²) in [6, 6.07) is -0.623. The first-order valence-electron chi connectivity index (χ1n) is 3.80. The smallest absolute Gasteiger partial charge is 0.432 e. The van der Waals surface area contributed by atoms with Crippen LogP contribution in [0.4, 0.5) is 0 Å². The molecule has 0 rings (SSSR count). The van der Waals surface area contributed by atoms with Gasteiger partial charge in [0.05, 0.1) is 0 Å². The van der Waals surface area contributed by atoms with Crippen LogP contribution < -0.4 is 4.84 Å². The predicted molar refractivity (Wildman–Crippen MR) is 51.5 cm³/mol. The molecule has 1 atom stereocenters. The molecular formula is C6H15BClNO4. The molecule has 0 amide bonds. The van der Waals surface area contributed by atoms with Crippen molar-refractivity contribution >= 4 is 25.4 Å². The van der Waals surface area contributed by atoms with Gasteiger partial charge < -0.3 is 15.2 Å². The molecule has 0 radical (unpaired) electrons. The van der Waals surface area contributed by atoms with Crippen molar-refractivity contribution in [1.29, 1.82) is 0 Å². The van der Waals surface area contributed by atoms with Crippen LogP contribution in [-0.4, -0.2) is 34.9 Å². The highest BCUT2D eigenvalue weighted by Gasteiger charge is 2.16. The largest absolute Gasteiger partial charge is 0.480 e. The summed E-state index contributed by atoms with van der Waals surface area (Å²) in [5, 5.41) is 22.7. The minimum atomic E-state index is -0.899. The molecule has 0 aliphatic heterocycles. The molecular weight excluding hydrogens is 196 g/mol. The number of carboxylic acid groups (broad SMARTS) is 1. The monoisotopic (exact) mass is 211 g/mol. The van der Waals surface area contributed by atoms with Gasteiger partial charge in [-0.2, -0.15) is 0 Å². The molecule has 4 N–H and O–H groups in total. The molecule has 0 spiro atoms. The lowest BCUT2D eigenvalue weighted by Gasteiger charge is -2.10. The molecule has 0 aliphatic rings. The van der Waals surface area contributed by atoms with Crippen LogP contribution in [0, 0.1) is 5.92 Å². The van der Waals surface area contributed by atoms with Crippen LogP contribution in [-0.2, 0) is 4.79 Å². The molecule has 0 heterocycles. The molecule has 0 aliphatic carbocycles. The van der Waals surface area contributed by atoms with Crippen LogP contribution in [0.2, 0.25) is 0 Å². The standard InChI is InChI=1S/C6H12ClNO2.BH3O2/c1-4(2)3-5(8-7)6(9)10;2-1-3/h4-5,8H,3H2,1-2H3,(H,9,10);1-3H/t5-;/m0./s1. The van der Waals surface area contributed by atoms with E-state index in [-0.39, 0.29) is 0 Å². The fourth-order valence-electron chi connectivity index (χ4n) is 0.663. The maximum atomic E-state index is 10.3. The Morgan fingerprint density at radius 3 is 2.00 bits per heavy atom. The maximum Gasteiger partial charge on any atom is 0.432 e. The van der Waals surface area contributed by atoms with Crippen LogP contribution in [0.5, 0.6) is 0 Å². The van der Waals surface area contributed by atoms with E-state index in [4.69, 9.17) is 26.9 Å². The highest BCUT2D eigenvalue weighted by molar-refractivity contribution is 6.14. The fourth-order valence-corrected chi connectivity index (χ4v) is 0.846. The van der Waals surface area contributed by atoms with Crippen molar-refractivity contribution in [2.24, 2.45) is 5.92 Å². The Hall–Kier alpha value is -0.295. The summed E-state index contributed by atoms with van der Waals surface area (Å²) < 4.78 is 0. The number of halogens is 1. The van der Waals surface area contributed by atoms with Crippen LogP contribution in [0.3, 0.4) is 0 Å². The summed E-state index contributed by atoms with van der Waals surface area (Å²) >= 11 is 5.18. The first-order chi connectivity index (χ1) is 5.99. The van der Waals surface area contributed by atoms with E-state index in [0.717, 1.165) is 0 Å². The minimum Gasteiger partial charge on any atom is -0.480 e. The molecule has 0 unspecified atom stereocenters. The molecule has 5 nitrogen and oxygen atoms in total. The lowest BCUT2D eigenvalue weighted by Crippen LogP contribution is -2.31. The Morgan fingerprint density at radius 2 is 1.92 bits per heavy atom. The zero-order chi connectivity index (χ0) is 10.9. The third kappa shape index (κ3) is 11.7. The number of nitrogens with one attached hydrogen (secondary N) is 1. The summed E-state index contributed by atoms with van der Waals surface area (Å²) in [6.07, 6.45) is 0.554. The van der Waals surface area contributed by atoms with E-state index in [9.17, 15) is 4.79 Å². The van der Waals surface area contributed by atoms with Gasteiger partial charge in [-0.25, -0.2) is 4.84 Å². The van der Waals surface area contributed by atoms with Gasteiger partial charge in [0.15, 0.2) is 0 Å². The van der Waals surface area contributed by atoms with Gasteiger partial charge in [-0.1, -0.05) is 13.8 Å². The topological polar surface area (TPSA) is 89.8 Å². The second-order valence-electron chi connectivity index (χ2n) is 2.77. The average Bonchev–Trinajstić information content (AvgIpc) is 2.00. The normalized spacial score (nSPS) is 11.5. The molecule has 0 fully saturated rings. The van der Waals surface area contributed by atoms with Gasteiger partial charge in [-0.3, -0.25) is 4.79 Å². The Bertz CT molecular complexity index is 136. The van der Waals surface area contributed by atoms with Gasteiger partial charge in [0, 0.05) is 0 Å². The number of hydrogen-bond acceptors (Lipinski definition) is 4. The van der Waals surface area contributed by atoms with Crippen molar-refractivity contribution < 1.29 is 19.9 Å². The number of hydrogen-bond donors (Lipinski definition) is 4. The molecule has 7 heteroatoms. The van der Waals surface area contributed by atoms with Gasteiger partial charge >= 0.3 is 13.7 Å². The predicted octanol–water partition coefficient (Wildman–Crippen LogP) is -0.533. The van der Waals surface area contributed by atoms with E-state index in [0.29, 0.717) is 12.3 Å². The zero-order valence-electron chi connectivity index (χ0n) is 7.70. The molecule has 0 saturated carbocycles. The second-order valence-corrected chi connectivity index (χ2v) is 2.99. The molecule has 0 saturated heterocycles. The van der Waals surface area contributed by atoms with E-state index in [1.54, 1.807) is 0 Å².